The molecule has 1 N–H and O–H groups in total. The Hall–Kier alpha value is -2.47. The molecule has 0 saturated heterocycles. The smallest absolute Gasteiger partial charge is 0.277 e. The van der Waals surface area contributed by atoms with Gasteiger partial charge in [-0.1, -0.05) is 53.5 Å². The van der Waals surface area contributed by atoms with Crippen molar-refractivity contribution in [1.82, 2.24) is 5.43 Å². The van der Waals surface area contributed by atoms with Crippen LogP contribution in [-0.2, 0) is 10.5 Å². The summed E-state index contributed by atoms with van der Waals surface area (Å²) in [6, 6.07) is 22.5. The number of nitrogens with one attached hydrogen (secondary N) is 1. The monoisotopic (exact) mass is 444 g/mol. The SMILES string of the molecule is O=C(COc1ccccc1CSc1ccc(Cl)cc1)NN=Cc1ccc(Cl)cc1. The van der Waals surface area contributed by atoms with E-state index < -0.39 is 0 Å². The van der Waals surface area contributed by atoms with E-state index >= 15 is 0 Å². The summed E-state index contributed by atoms with van der Waals surface area (Å²) in [5, 5.41) is 5.28. The van der Waals surface area contributed by atoms with Crippen molar-refractivity contribution >= 4 is 47.1 Å². The highest BCUT2D eigenvalue weighted by molar-refractivity contribution is 7.98. The third kappa shape index (κ3) is 7.13. The van der Waals surface area contributed by atoms with Gasteiger partial charge < -0.3 is 4.74 Å². The number of thioether (sulfide) groups is 1. The first kappa shape index (κ1) is 21.2. The topological polar surface area (TPSA) is 50.7 Å². The summed E-state index contributed by atoms with van der Waals surface area (Å²) < 4.78 is 5.69. The molecule has 0 atom stereocenters. The fourth-order valence-electron chi connectivity index (χ4n) is 2.36. The summed E-state index contributed by atoms with van der Waals surface area (Å²) in [7, 11) is 0. The third-order valence-electron chi connectivity index (χ3n) is 3.81. The fraction of sp³-hybridized carbons (Fsp3) is 0.0909. The van der Waals surface area contributed by atoms with E-state index in [4.69, 9.17) is 27.9 Å². The van der Waals surface area contributed by atoms with Crippen molar-refractivity contribution < 1.29 is 9.53 Å². The van der Waals surface area contributed by atoms with Gasteiger partial charge in [0, 0.05) is 26.3 Å². The second-order valence-electron chi connectivity index (χ2n) is 5.98. The Labute approximate surface area is 183 Å². The normalized spacial score (nSPS) is 10.8. The lowest BCUT2D eigenvalue weighted by molar-refractivity contribution is -0.123. The maximum absolute atomic E-state index is 12.0. The first-order valence-electron chi connectivity index (χ1n) is 8.77. The van der Waals surface area contributed by atoms with Gasteiger partial charge in [-0.3, -0.25) is 4.79 Å². The van der Waals surface area contributed by atoms with E-state index in [-0.39, 0.29) is 12.5 Å². The number of ether oxygens (including phenoxy) is 1. The minimum absolute atomic E-state index is 0.124. The summed E-state index contributed by atoms with van der Waals surface area (Å²) in [4.78, 5) is 13.1. The summed E-state index contributed by atoms with van der Waals surface area (Å²) in [5.41, 5.74) is 4.29. The Morgan fingerprint density at radius 2 is 1.62 bits per heavy atom. The maximum Gasteiger partial charge on any atom is 0.277 e. The Bertz CT molecular complexity index is 977. The third-order valence-corrected chi connectivity index (χ3v) is 5.38. The molecule has 0 unspecified atom stereocenters. The molecule has 0 saturated carbocycles. The molecule has 3 aromatic rings. The van der Waals surface area contributed by atoms with Crippen LogP contribution in [-0.4, -0.2) is 18.7 Å². The molecular formula is C22H18Cl2N2O2S. The number of hydrogen-bond acceptors (Lipinski definition) is 4. The van der Waals surface area contributed by atoms with Crippen LogP contribution in [0.1, 0.15) is 11.1 Å². The Morgan fingerprint density at radius 3 is 2.34 bits per heavy atom. The van der Waals surface area contributed by atoms with Crippen LogP contribution in [0.15, 0.2) is 82.8 Å². The minimum Gasteiger partial charge on any atom is -0.483 e. The number of rotatable bonds is 8. The predicted octanol–water partition coefficient (Wildman–Crippen LogP) is 5.81. The zero-order valence-electron chi connectivity index (χ0n) is 15.3. The van der Waals surface area contributed by atoms with Crippen molar-refractivity contribution in [3.8, 4) is 5.75 Å². The first-order chi connectivity index (χ1) is 14.1. The van der Waals surface area contributed by atoms with E-state index in [1.165, 1.54) is 0 Å². The molecule has 0 fully saturated rings. The number of halogens is 2. The summed E-state index contributed by atoms with van der Waals surface area (Å²) >= 11 is 13.4. The van der Waals surface area contributed by atoms with Gasteiger partial charge >= 0.3 is 0 Å². The molecule has 29 heavy (non-hydrogen) atoms. The van der Waals surface area contributed by atoms with Gasteiger partial charge in [-0.15, -0.1) is 11.8 Å². The molecule has 3 rings (SSSR count). The van der Waals surface area contributed by atoms with Crippen molar-refractivity contribution in [2.24, 2.45) is 5.10 Å². The van der Waals surface area contributed by atoms with Crippen LogP contribution in [0.25, 0.3) is 0 Å². The number of carbonyl (C=O) groups is 1. The Kier molecular flexibility index (Phi) is 7.99. The molecule has 1 amide bonds. The van der Waals surface area contributed by atoms with Crippen LogP contribution in [0.3, 0.4) is 0 Å². The molecule has 0 heterocycles. The van der Waals surface area contributed by atoms with Gasteiger partial charge in [0.05, 0.1) is 6.21 Å². The number of hydrazone groups is 1. The van der Waals surface area contributed by atoms with Crippen molar-refractivity contribution in [2.45, 2.75) is 10.6 Å². The van der Waals surface area contributed by atoms with Gasteiger partial charge in [0.2, 0.25) is 0 Å². The van der Waals surface area contributed by atoms with E-state index in [1.54, 1.807) is 30.1 Å². The Morgan fingerprint density at radius 1 is 0.966 bits per heavy atom. The molecule has 0 bridgehead atoms. The van der Waals surface area contributed by atoms with Crippen molar-refractivity contribution in [1.29, 1.82) is 0 Å². The number of benzene rings is 3. The molecule has 4 nitrogen and oxygen atoms in total. The summed E-state index contributed by atoms with van der Waals surface area (Å²) in [6.07, 6.45) is 1.55. The van der Waals surface area contributed by atoms with E-state index in [1.807, 2.05) is 60.7 Å². The minimum atomic E-state index is -0.338. The van der Waals surface area contributed by atoms with E-state index in [0.717, 1.165) is 16.0 Å². The second kappa shape index (κ2) is 10.9. The van der Waals surface area contributed by atoms with Crippen LogP contribution in [0.5, 0.6) is 5.75 Å². The predicted molar refractivity (Wildman–Crippen MR) is 120 cm³/mol. The molecular weight excluding hydrogens is 427 g/mol. The van der Waals surface area contributed by atoms with Crippen molar-refractivity contribution in [2.75, 3.05) is 6.61 Å². The first-order valence-corrected chi connectivity index (χ1v) is 10.5. The molecule has 0 radical (unpaired) electrons. The molecule has 3 aromatic carbocycles. The lowest BCUT2D eigenvalue weighted by atomic mass is 10.2. The van der Waals surface area contributed by atoms with Crippen LogP contribution in [0, 0.1) is 0 Å². The Balaban J connectivity index is 1.50. The van der Waals surface area contributed by atoms with Gasteiger partial charge in [-0.25, -0.2) is 5.43 Å². The standard InChI is InChI=1S/C22H18Cl2N2O2S/c23-18-7-5-16(6-8-18)13-25-26-22(27)14-28-21-4-2-1-3-17(21)15-29-20-11-9-19(24)10-12-20/h1-13H,14-15H2,(H,26,27). The second-order valence-corrected chi connectivity index (χ2v) is 7.91. The van der Waals surface area contributed by atoms with Crippen molar-refractivity contribution in [3.63, 3.8) is 0 Å². The number of hydrogen-bond donors (Lipinski definition) is 1. The maximum atomic E-state index is 12.0. The average Bonchev–Trinajstić information content (AvgIpc) is 2.74. The molecule has 7 heteroatoms. The van der Waals surface area contributed by atoms with E-state index in [9.17, 15) is 4.79 Å². The van der Waals surface area contributed by atoms with Gasteiger partial charge in [-0.05, 0) is 48.0 Å². The number of para-hydroxylation sites is 1. The lowest BCUT2D eigenvalue weighted by Crippen LogP contribution is -2.24. The number of amides is 1. The number of carbonyl (C=O) groups excluding carboxylic acids is 1. The zero-order chi connectivity index (χ0) is 20.5. The molecule has 0 aliphatic carbocycles. The summed E-state index contributed by atoms with van der Waals surface area (Å²) in [5.74, 6) is 1.05. The highest BCUT2D eigenvalue weighted by atomic mass is 35.5. The fourth-order valence-corrected chi connectivity index (χ4v) is 3.50. The average molecular weight is 445 g/mol. The van der Waals surface area contributed by atoms with Crippen LogP contribution < -0.4 is 10.2 Å². The van der Waals surface area contributed by atoms with Crippen LogP contribution >= 0.6 is 35.0 Å². The molecule has 0 aliphatic heterocycles. The highest BCUT2D eigenvalue weighted by Gasteiger charge is 2.07. The molecule has 0 aliphatic rings. The van der Waals surface area contributed by atoms with Gasteiger partial charge in [0.25, 0.3) is 5.91 Å². The molecule has 0 spiro atoms. The van der Waals surface area contributed by atoms with Crippen molar-refractivity contribution in [3.05, 3.63) is 94.0 Å². The molecule has 0 aromatic heterocycles. The van der Waals surface area contributed by atoms with E-state index in [0.29, 0.717) is 21.5 Å². The van der Waals surface area contributed by atoms with Gasteiger partial charge in [0.15, 0.2) is 6.61 Å². The largest absolute Gasteiger partial charge is 0.483 e. The molecule has 148 valence electrons. The van der Waals surface area contributed by atoms with E-state index in [2.05, 4.69) is 10.5 Å². The van der Waals surface area contributed by atoms with Crippen LogP contribution in [0.2, 0.25) is 10.0 Å². The van der Waals surface area contributed by atoms with Crippen LogP contribution in [0.4, 0.5) is 0 Å². The quantitative estimate of drug-likeness (QED) is 0.270. The highest BCUT2D eigenvalue weighted by Crippen LogP contribution is 2.28. The number of nitrogens with zero attached hydrogens (tertiary/aromatic N) is 1. The van der Waals surface area contributed by atoms with Gasteiger partial charge in [0.1, 0.15) is 5.75 Å². The summed E-state index contributed by atoms with van der Waals surface area (Å²) in [6.45, 7) is -0.124. The zero-order valence-corrected chi connectivity index (χ0v) is 17.7. The lowest BCUT2D eigenvalue weighted by Gasteiger charge is -2.10. The van der Waals surface area contributed by atoms with Gasteiger partial charge in [-0.2, -0.15) is 5.10 Å².